The van der Waals surface area contributed by atoms with Crippen LogP contribution >= 0.6 is 0 Å². The van der Waals surface area contributed by atoms with E-state index in [0.717, 1.165) is 0 Å². The fourth-order valence-corrected chi connectivity index (χ4v) is 8.61. The molecule has 7 unspecified atom stereocenters. The smallest absolute Gasteiger partial charge is 0.326 e. The van der Waals surface area contributed by atoms with Crippen molar-refractivity contribution in [1.29, 1.82) is 0 Å². The van der Waals surface area contributed by atoms with E-state index < -0.39 is 109 Å². The number of phenols is 1. The quantitative estimate of drug-likeness (QED) is 0.0292. The van der Waals surface area contributed by atoms with Crippen molar-refractivity contribution in [2.24, 2.45) is 0 Å². The number of aromatic hydroxyl groups is 1. The maximum Gasteiger partial charge on any atom is 0.326 e. The summed E-state index contributed by atoms with van der Waals surface area (Å²) >= 11 is 0. The molecule has 1 aromatic heterocycles. The van der Waals surface area contributed by atoms with E-state index in [1.165, 1.54) is 60.9 Å². The summed E-state index contributed by atoms with van der Waals surface area (Å²) < 4.78 is 1.37. The number of hydrogen-bond donors (Lipinski definition) is 11. The molecule has 5 rings (SSSR count). The molecule has 5 aromatic rings. The zero-order valence-electron chi connectivity index (χ0n) is 44.1. The van der Waals surface area contributed by atoms with Gasteiger partial charge in [-0.05, 0) is 66.6 Å². The lowest BCUT2D eigenvalue weighted by Gasteiger charge is -2.32. The Kier molecular flexibility index (Phi) is 22.8. The number of hydrazine groups is 1. The van der Waals surface area contributed by atoms with Crippen molar-refractivity contribution in [1.82, 2.24) is 46.9 Å². The van der Waals surface area contributed by atoms with Crippen molar-refractivity contribution in [3.63, 3.8) is 0 Å². The fraction of sp³-hybridized carbons (Fsp3) is 0.357. The zero-order valence-corrected chi connectivity index (χ0v) is 44.1. The standard InChI is InChI=1S/C56H67N9O14/c1-5-6-20-41(52(73)62-45(56(78)79)29-38-32-65(34(3)66)46-21-14-13-19-40(38)46)59-53(74)42(30-49(69)70)60-54(75)47(28-36-17-11-8-12-18-36)64(4)63-43(26-35-15-9-7-10-16-35)51(72)57-31-48(68)58-33(2)50(71)61-44(55(76)77)27-37-22-24-39(67)25-23-37/h7-19,21-25,32-33,41-45,47,63,67H,5-6,20,26-31H2,1-4H3,(H,57,72)(H,58,68)(H,59,74)(H,60,75)(H,61,71)(H,62,73)(H,69,70)(H,76,77)(H,78,79). The number of hydrogen-bond acceptors (Lipinski definition) is 13. The molecule has 23 heteroatoms. The molecule has 11 N–H and O–H groups in total. The number of rotatable bonds is 30. The summed E-state index contributed by atoms with van der Waals surface area (Å²) in [6.45, 7) is 3.87. The minimum atomic E-state index is -1.78. The van der Waals surface area contributed by atoms with Crippen LogP contribution in [0.4, 0.5) is 0 Å². The number of carboxylic acid groups (broad SMARTS) is 3. The monoisotopic (exact) mass is 1090 g/mol. The van der Waals surface area contributed by atoms with Crippen molar-refractivity contribution in [3.8, 4) is 5.75 Å². The third kappa shape index (κ3) is 18.6. The molecule has 0 spiro atoms. The number of nitrogens with zero attached hydrogens (tertiary/aromatic N) is 2. The Morgan fingerprint density at radius 3 is 1.68 bits per heavy atom. The second kappa shape index (κ2) is 29.5. The lowest BCUT2D eigenvalue weighted by atomic mass is 10.0. The van der Waals surface area contributed by atoms with Gasteiger partial charge >= 0.3 is 17.9 Å². The number of amides is 6. The maximum absolute atomic E-state index is 14.5. The van der Waals surface area contributed by atoms with Gasteiger partial charge in [0.15, 0.2) is 0 Å². The third-order valence-electron chi connectivity index (χ3n) is 12.8. The summed E-state index contributed by atoms with van der Waals surface area (Å²) in [5.41, 5.74) is 5.85. The molecule has 0 aliphatic rings. The van der Waals surface area contributed by atoms with Crippen LogP contribution in [0.5, 0.6) is 5.75 Å². The van der Waals surface area contributed by atoms with Gasteiger partial charge in [0.05, 0.1) is 18.5 Å². The second-order valence-corrected chi connectivity index (χ2v) is 19.0. The van der Waals surface area contributed by atoms with E-state index in [0.29, 0.717) is 46.0 Å². The minimum absolute atomic E-state index is 0.00443. The lowest BCUT2D eigenvalue weighted by molar-refractivity contribution is -0.143. The van der Waals surface area contributed by atoms with Gasteiger partial charge in [-0.3, -0.25) is 42.9 Å². The summed E-state index contributed by atoms with van der Waals surface area (Å²) in [5.74, 6) is -9.72. The SMILES string of the molecule is CCCCC(NC(=O)C(CC(=O)O)NC(=O)C(Cc1ccccc1)N(C)NC(Cc1ccccc1)C(=O)NCC(=O)NC(C)C(=O)NC(Cc1ccc(O)cc1)C(=O)O)C(=O)NC(Cc1cn(C(C)=O)c2ccccc12)C(=O)O. The molecule has 0 aliphatic heterocycles. The predicted octanol–water partition coefficient (Wildman–Crippen LogP) is 1.85. The summed E-state index contributed by atoms with van der Waals surface area (Å²) in [6.07, 6.45) is 1.11. The van der Waals surface area contributed by atoms with Crippen LogP contribution in [-0.2, 0) is 68.8 Å². The molecule has 420 valence electrons. The van der Waals surface area contributed by atoms with Crippen LogP contribution in [0.2, 0.25) is 0 Å². The molecule has 4 aromatic carbocycles. The highest BCUT2D eigenvalue weighted by Gasteiger charge is 2.35. The van der Waals surface area contributed by atoms with Gasteiger partial charge < -0.3 is 52.3 Å². The number of nitrogens with one attached hydrogen (secondary N) is 7. The van der Waals surface area contributed by atoms with Crippen molar-refractivity contribution >= 4 is 70.2 Å². The van der Waals surface area contributed by atoms with Crippen LogP contribution in [0.3, 0.4) is 0 Å². The number of para-hydroxylation sites is 1. The number of carbonyl (C=O) groups is 10. The Morgan fingerprint density at radius 1 is 0.570 bits per heavy atom. The van der Waals surface area contributed by atoms with Gasteiger partial charge in [0, 0.05) is 38.4 Å². The number of aliphatic carboxylic acids is 3. The highest BCUT2D eigenvalue weighted by atomic mass is 16.4. The van der Waals surface area contributed by atoms with E-state index in [-0.39, 0.29) is 43.8 Å². The first-order chi connectivity index (χ1) is 37.6. The number of unbranched alkanes of at least 4 members (excludes halogenated alkanes) is 1. The number of aromatic nitrogens is 1. The van der Waals surface area contributed by atoms with E-state index in [1.807, 2.05) is 6.92 Å². The van der Waals surface area contributed by atoms with Crippen LogP contribution in [0, 0.1) is 0 Å². The molecular weight excluding hydrogens is 1020 g/mol. The topological polar surface area (TPSA) is 344 Å². The molecule has 79 heavy (non-hydrogen) atoms. The molecular formula is C56H67N9O14. The molecule has 0 saturated carbocycles. The van der Waals surface area contributed by atoms with E-state index >= 15 is 0 Å². The first kappa shape index (κ1) is 60.9. The highest BCUT2D eigenvalue weighted by molar-refractivity contribution is 5.97. The Labute approximate surface area is 455 Å². The van der Waals surface area contributed by atoms with Gasteiger partial charge in [-0.1, -0.05) is 111 Å². The zero-order chi connectivity index (χ0) is 57.8. The minimum Gasteiger partial charge on any atom is -0.508 e. The Bertz CT molecular complexity index is 2950. The second-order valence-electron chi connectivity index (χ2n) is 19.0. The van der Waals surface area contributed by atoms with E-state index in [4.69, 9.17) is 0 Å². The van der Waals surface area contributed by atoms with Gasteiger partial charge in [0.1, 0.15) is 48.0 Å². The maximum atomic E-state index is 14.5. The van der Waals surface area contributed by atoms with Crippen LogP contribution in [0.1, 0.15) is 73.5 Å². The largest absolute Gasteiger partial charge is 0.508 e. The van der Waals surface area contributed by atoms with Crippen LogP contribution in [-0.4, -0.2) is 145 Å². The van der Waals surface area contributed by atoms with Crippen LogP contribution in [0.25, 0.3) is 10.9 Å². The number of phenolic OH excluding ortho intramolecular Hbond substituents is 1. The van der Waals surface area contributed by atoms with Crippen molar-refractivity contribution < 1.29 is 68.4 Å². The molecule has 7 atom stereocenters. The molecule has 0 saturated heterocycles. The van der Waals surface area contributed by atoms with E-state index in [1.54, 1.807) is 84.9 Å². The summed E-state index contributed by atoms with van der Waals surface area (Å²) in [5, 5.41) is 56.4. The Balaban J connectivity index is 1.31. The number of fused-ring (bicyclic) bond motifs is 1. The molecule has 6 amide bonds. The Hall–Kier alpha value is -8.96. The fourth-order valence-electron chi connectivity index (χ4n) is 8.61. The molecule has 0 fully saturated rings. The first-order valence-electron chi connectivity index (χ1n) is 25.5. The molecule has 0 radical (unpaired) electrons. The van der Waals surface area contributed by atoms with E-state index in [2.05, 4.69) is 37.3 Å². The van der Waals surface area contributed by atoms with Crippen LogP contribution in [0.15, 0.2) is 115 Å². The predicted molar refractivity (Wildman–Crippen MR) is 288 cm³/mol. The number of likely N-dealkylation sites (N-methyl/N-ethyl adjacent to an activating group) is 1. The average Bonchev–Trinajstić information content (AvgIpc) is 3.96. The first-order valence-corrected chi connectivity index (χ1v) is 25.5. The van der Waals surface area contributed by atoms with Gasteiger partial charge in [-0.25, -0.2) is 20.0 Å². The molecule has 1 heterocycles. The van der Waals surface area contributed by atoms with Gasteiger partial charge in [0.2, 0.25) is 41.4 Å². The number of carbonyl (C=O) groups excluding carboxylic acids is 7. The number of benzene rings is 4. The van der Waals surface area contributed by atoms with Crippen molar-refractivity contribution in [3.05, 3.63) is 138 Å². The van der Waals surface area contributed by atoms with Gasteiger partial charge in [0.25, 0.3) is 0 Å². The van der Waals surface area contributed by atoms with Gasteiger partial charge in [-0.15, -0.1) is 0 Å². The third-order valence-corrected chi connectivity index (χ3v) is 12.8. The van der Waals surface area contributed by atoms with Crippen LogP contribution < -0.4 is 37.3 Å². The highest BCUT2D eigenvalue weighted by Crippen LogP contribution is 2.23. The normalized spacial score (nSPS) is 13.8. The summed E-state index contributed by atoms with van der Waals surface area (Å²) in [6, 6.07) is 20.2. The van der Waals surface area contributed by atoms with Crippen molar-refractivity contribution in [2.75, 3.05) is 13.6 Å². The molecule has 0 aliphatic carbocycles. The van der Waals surface area contributed by atoms with Gasteiger partial charge in [-0.2, -0.15) is 0 Å². The molecule has 23 nitrogen and oxygen atoms in total. The van der Waals surface area contributed by atoms with Crippen molar-refractivity contribution in [2.45, 2.75) is 114 Å². The summed E-state index contributed by atoms with van der Waals surface area (Å²) in [7, 11) is 1.45. The summed E-state index contributed by atoms with van der Waals surface area (Å²) in [4.78, 5) is 132. The van der Waals surface area contributed by atoms with E-state index in [9.17, 15) is 68.4 Å². The average molecular weight is 1090 g/mol. The lowest BCUT2D eigenvalue weighted by Crippen LogP contribution is -2.61. The number of carboxylic acids is 3. The Morgan fingerprint density at radius 2 is 1.09 bits per heavy atom. The molecule has 0 bridgehead atoms.